The number of hydrogen-bond acceptors (Lipinski definition) is 5. The molecule has 1 aromatic carbocycles. The van der Waals surface area contributed by atoms with Crippen molar-refractivity contribution in [2.45, 2.75) is 66.1 Å². The van der Waals surface area contributed by atoms with Crippen molar-refractivity contribution in [1.82, 2.24) is 9.47 Å². The quantitative estimate of drug-likeness (QED) is 0.539. The Hall–Kier alpha value is -3.34. The average Bonchev–Trinajstić information content (AvgIpc) is 3.04. The summed E-state index contributed by atoms with van der Waals surface area (Å²) < 4.78 is 26.7. The van der Waals surface area contributed by atoms with E-state index >= 15 is 0 Å². The summed E-state index contributed by atoms with van der Waals surface area (Å²) in [6.45, 7) is 13.3. The lowest BCUT2D eigenvalue weighted by Crippen LogP contribution is -2.40. The Balaban J connectivity index is 2.14. The molecule has 0 fully saturated rings. The normalized spacial score (nSPS) is 14.9. The third-order valence-corrected chi connectivity index (χ3v) is 5.17. The van der Waals surface area contributed by atoms with Gasteiger partial charge in [0.25, 0.3) is 0 Å². The van der Waals surface area contributed by atoms with Crippen LogP contribution in [0.2, 0.25) is 0 Å². The Morgan fingerprint density at radius 2 is 1.67 bits per heavy atom. The fraction of sp³-hybridized carbons (Fsp3) is 0.480. The summed E-state index contributed by atoms with van der Waals surface area (Å²) in [5.74, 6) is -0.583. The van der Waals surface area contributed by atoms with Crippen LogP contribution in [-0.4, -0.2) is 45.9 Å². The first-order valence-electron chi connectivity index (χ1n) is 10.8. The van der Waals surface area contributed by atoms with Gasteiger partial charge in [0, 0.05) is 30.2 Å². The first-order chi connectivity index (χ1) is 15.2. The van der Waals surface area contributed by atoms with Gasteiger partial charge in [0.2, 0.25) is 0 Å². The molecule has 1 aliphatic rings. The predicted octanol–water partition coefficient (Wildman–Crippen LogP) is 5.85. The van der Waals surface area contributed by atoms with Crippen molar-refractivity contribution in [1.29, 1.82) is 5.26 Å². The number of ether oxygens (including phenoxy) is 2. The maximum Gasteiger partial charge on any atom is 0.419 e. The number of fused-ring (bicyclic) bond motifs is 1. The molecule has 1 aliphatic heterocycles. The molecule has 0 N–H and O–H groups in total. The van der Waals surface area contributed by atoms with E-state index in [-0.39, 0.29) is 17.6 Å². The molecule has 2 heterocycles. The van der Waals surface area contributed by atoms with Crippen LogP contribution in [0, 0.1) is 17.1 Å². The minimum Gasteiger partial charge on any atom is -0.444 e. The van der Waals surface area contributed by atoms with Crippen LogP contribution in [0.5, 0.6) is 0 Å². The van der Waals surface area contributed by atoms with Gasteiger partial charge in [-0.2, -0.15) is 5.26 Å². The number of benzene rings is 1. The monoisotopic (exact) mass is 455 g/mol. The third kappa shape index (κ3) is 5.36. The van der Waals surface area contributed by atoms with Crippen LogP contribution in [0.15, 0.2) is 23.9 Å². The zero-order chi connectivity index (χ0) is 24.7. The maximum atomic E-state index is 14.4. The number of hydrogen-bond donors (Lipinski definition) is 0. The van der Waals surface area contributed by atoms with Crippen molar-refractivity contribution < 1.29 is 23.5 Å². The van der Waals surface area contributed by atoms with Crippen LogP contribution < -0.4 is 0 Å². The SMILES string of the molecule is CC1=C(c2cn(C(=O)OC(C)(C)C)c3c(C#N)cc(F)cc23)CN(C(=O)OC(C)(C)C)CC1. The molecule has 0 aliphatic carbocycles. The van der Waals surface area contributed by atoms with Crippen molar-refractivity contribution in [3.05, 3.63) is 40.8 Å². The number of nitriles is 1. The van der Waals surface area contributed by atoms with Gasteiger partial charge in [-0.1, -0.05) is 5.57 Å². The number of halogens is 1. The molecular weight excluding hydrogens is 425 g/mol. The van der Waals surface area contributed by atoms with Gasteiger partial charge < -0.3 is 14.4 Å². The minimum absolute atomic E-state index is 0.0279. The summed E-state index contributed by atoms with van der Waals surface area (Å²) in [7, 11) is 0. The second-order valence-corrected chi connectivity index (χ2v) is 10.3. The number of carbonyl (C=O) groups excluding carboxylic acids is 2. The van der Waals surface area contributed by atoms with Crippen LogP contribution in [-0.2, 0) is 9.47 Å². The molecule has 7 nitrogen and oxygen atoms in total. The smallest absolute Gasteiger partial charge is 0.419 e. The molecule has 2 aromatic rings. The molecule has 0 saturated heterocycles. The molecule has 176 valence electrons. The molecule has 0 atom stereocenters. The van der Waals surface area contributed by atoms with E-state index in [9.17, 15) is 19.2 Å². The standard InChI is InChI=1S/C25H30FN3O4/c1-15-8-9-28(22(30)32-24(2,3)4)13-19(15)20-14-29(23(31)33-25(5,6)7)21-16(12-27)10-17(26)11-18(20)21/h10-11,14H,8-9,13H2,1-7H3. The predicted molar refractivity (Wildman–Crippen MR) is 123 cm³/mol. The molecule has 8 heteroatoms. The first-order valence-corrected chi connectivity index (χ1v) is 10.8. The second-order valence-electron chi connectivity index (χ2n) is 10.3. The minimum atomic E-state index is -0.756. The molecule has 0 radical (unpaired) electrons. The van der Waals surface area contributed by atoms with Crippen LogP contribution in [0.4, 0.5) is 14.0 Å². The topological polar surface area (TPSA) is 84.6 Å². The third-order valence-electron chi connectivity index (χ3n) is 5.17. The van der Waals surface area contributed by atoms with E-state index in [1.165, 1.54) is 10.6 Å². The Morgan fingerprint density at radius 3 is 2.24 bits per heavy atom. The summed E-state index contributed by atoms with van der Waals surface area (Å²) in [5.41, 5.74) is 1.30. The molecule has 0 bridgehead atoms. The summed E-state index contributed by atoms with van der Waals surface area (Å²) in [4.78, 5) is 27.2. The summed E-state index contributed by atoms with van der Waals surface area (Å²) in [6, 6.07) is 4.38. The molecule has 3 rings (SSSR count). The van der Waals surface area contributed by atoms with E-state index in [1.54, 1.807) is 52.6 Å². The Labute approximate surface area is 193 Å². The number of aromatic nitrogens is 1. The van der Waals surface area contributed by atoms with Crippen molar-refractivity contribution in [3.8, 4) is 6.07 Å². The Morgan fingerprint density at radius 1 is 1.06 bits per heavy atom. The molecule has 0 saturated carbocycles. The Kier molecular flexibility index (Phi) is 6.29. The number of amides is 1. The largest absolute Gasteiger partial charge is 0.444 e. The van der Waals surface area contributed by atoms with Gasteiger partial charge in [0.05, 0.1) is 11.1 Å². The number of nitrogens with zero attached hydrogens (tertiary/aromatic N) is 3. The highest BCUT2D eigenvalue weighted by atomic mass is 19.1. The van der Waals surface area contributed by atoms with Crippen LogP contribution in [0.1, 0.15) is 66.0 Å². The van der Waals surface area contributed by atoms with Crippen molar-refractivity contribution in [2.75, 3.05) is 13.1 Å². The van der Waals surface area contributed by atoms with Gasteiger partial charge in [-0.3, -0.25) is 4.57 Å². The van der Waals surface area contributed by atoms with E-state index in [1.807, 2.05) is 13.0 Å². The molecule has 1 amide bonds. The van der Waals surface area contributed by atoms with Gasteiger partial charge in [0.1, 0.15) is 23.1 Å². The lowest BCUT2D eigenvalue weighted by molar-refractivity contribution is 0.0270. The van der Waals surface area contributed by atoms with Gasteiger partial charge in [0.15, 0.2) is 0 Å². The van der Waals surface area contributed by atoms with Crippen LogP contribution >= 0.6 is 0 Å². The van der Waals surface area contributed by atoms with E-state index in [0.29, 0.717) is 23.9 Å². The van der Waals surface area contributed by atoms with Crippen molar-refractivity contribution in [2.24, 2.45) is 0 Å². The molecule has 1 aromatic heterocycles. The average molecular weight is 456 g/mol. The number of carbonyl (C=O) groups is 2. The summed E-state index contributed by atoms with van der Waals surface area (Å²) >= 11 is 0. The Bertz CT molecular complexity index is 1190. The fourth-order valence-electron chi connectivity index (χ4n) is 3.76. The van der Waals surface area contributed by atoms with Crippen LogP contribution in [0.3, 0.4) is 0 Å². The highest BCUT2D eigenvalue weighted by molar-refractivity contribution is 6.01. The highest BCUT2D eigenvalue weighted by Gasteiger charge is 2.30. The molecular formula is C25H30FN3O4. The lowest BCUT2D eigenvalue weighted by atomic mass is 9.94. The van der Waals surface area contributed by atoms with Crippen molar-refractivity contribution in [3.63, 3.8) is 0 Å². The summed E-state index contributed by atoms with van der Waals surface area (Å²) in [5, 5.41) is 10.0. The van der Waals surface area contributed by atoms with Crippen LogP contribution in [0.25, 0.3) is 16.5 Å². The van der Waals surface area contributed by atoms with E-state index in [0.717, 1.165) is 17.2 Å². The van der Waals surface area contributed by atoms with Gasteiger partial charge in [-0.25, -0.2) is 14.0 Å². The zero-order valence-corrected chi connectivity index (χ0v) is 20.2. The van der Waals surface area contributed by atoms with E-state index in [2.05, 4.69) is 0 Å². The second kappa shape index (κ2) is 8.54. The van der Waals surface area contributed by atoms with Gasteiger partial charge in [-0.05, 0) is 72.6 Å². The molecule has 0 unspecified atom stereocenters. The van der Waals surface area contributed by atoms with E-state index < -0.39 is 29.2 Å². The first kappa shape index (κ1) is 24.3. The van der Waals surface area contributed by atoms with Gasteiger partial charge in [-0.15, -0.1) is 0 Å². The maximum absolute atomic E-state index is 14.4. The van der Waals surface area contributed by atoms with Crippen molar-refractivity contribution >= 4 is 28.7 Å². The highest BCUT2D eigenvalue weighted by Crippen LogP contribution is 2.35. The summed E-state index contributed by atoms with van der Waals surface area (Å²) in [6.07, 6.45) is 1.07. The fourth-order valence-corrected chi connectivity index (χ4v) is 3.76. The molecule has 0 spiro atoms. The van der Waals surface area contributed by atoms with E-state index in [4.69, 9.17) is 9.47 Å². The molecule has 33 heavy (non-hydrogen) atoms. The number of rotatable bonds is 1. The van der Waals surface area contributed by atoms with Gasteiger partial charge >= 0.3 is 12.2 Å². The zero-order valence-electron chi connectivity index (χ0n) is 20.2. The lowest BCUT2D eigenvalue weighted by Gasteiger charge is -2.32.